The lowest BCUT2D eigenvalue weighted by atomic mass is 9.73. The maximum atomic E-state index is 9.83. The molecule has 1 rings (SSSR count). The van der Waals surface area contributed by atoms with Gasteiger partial charge >= 0.3 is 0 Å². The summed E-state index contributed by atoms with van der Waals surface area (Å²) in [6.45, 7) is 4.25. The van der Waals surface area contributed by atoms with Gasteiger partial charge in [-0.05, 0) is 31.1 Å². The molecule has 0 saturated heterocycles. The second-order valence-electron chi connectivity index (χ2n) is 3.85. The van der Waals surface area contributed by atoms with E-state index >= 15 is 0 Å². The van der Waals surface area contributed by atoms with Crippen molar-refractivity contribution < 1.29 is 5.11 Å². The molecule has 1 N–H and O–H groups in total. The van der Waals surface area contributed by atoms with E-state index in [1.54, 1.807) is 0 Å². The number of aliphatic hydroxyl groups is 1. The van der Waals surface area contributed by atoms with E-state index in [-0.39, 0.29) is 5.92 Å². The number of terminal acetylenes is 1. The number of hydrogen-bond acceptors (Lipinski definition) is 1. The van der Waals surface area contributed by atoms with E-state index in [1.165, 1.54) is 0 Å². The second-order valence-corrected chi connectivity index (χ2v) is 3.85. The van der Waals surface area contributed by atoms with Crippen molar-refractivity contribution in [3.63, 3.8) is 0 Å². The molecule has 0 spiro atoms. The summed E-state index contributed by atoms with van der Waals surface area (Å²) >= 11 is 0. The molecule has 1 fully saturated rings. The van der Waals surface area contributed by atoms with Crippen LogP contribution < -0.4 is 0 Å². The summed E-state index contributed by atoms with van der Waals surface area (Å²) in [5.74, 6) is 3.49. The standard InChI is InChI=1S/C10H16O/c1-4-10(11)6-5-8(2)7-9(10)3/h1,8-9,11H,5-7H2,2-3H3. The zero-order valence-electron chi connectivity index (χ0n) is 7.30. The lowest BCUT2D eigenvalue weighted by molar-refractivity contribution is -0.00169. The zero-order chi connectivity index (χ0) is 8.48. The Kier molecular flexibility index (Phi) is 2.25. The van der Waals surface area contributed by atoms with Crippen molar-refractivity contribution in [1.82, 2.24) is 0 Å². The van der Waals surface area contributed by atoms with Crippen LogP contribution in [0.5, 0.6) is 0 Å². The maximum absolute atomic E-state index is 9.83. The van der Waals surface area contributed by atoms with Gasteiger partial charge in [-0.25, -0.2) is 0 Å². The van der Waals surface area contributed by atoms with Crippen molar-refractivity contribution in [2.24, 2.45) is 11.8 Å². The Morgan fingerprint density at radius 1 is 1.55 bits per heavy atom. The minimum atomic E-state index is -0.813. The van der Waals surface area contributed by atoms with Crippen LogP contribution in [0.3, 0.4) is 0 Å². The summed E-state index contributed by atoms with van der Waals surface area (Å²) in [4.78, 5) is 0. The monoisotopic (exact) mass is 152 g/mol. The summed E-state index contributed by atoms with van der Waals surface area (Å²) < 4.78 is 0. The largest absolute Gasteiger partial charge is 0.377 e. The van der Waals surface area contributed by atoms with Gasteiger partial charge in [0.05, 0.1) is 0 Å². The van der Waals surface area contributed by atoms with Gasteiger partial charge in [0.1, 0.15) is 5.60 Å². The Bertz CT molecular complexity index is 180. The van der Waals surface area contributed by atoms with Gasteiger partial charge in [-0.1, -0.05) is 19.8 Å². The molecule has 0 aliphatic heterocycles. The average Bonchev–Trinajstić information content (AvgIpc) is 1.98. The van der Waals surface area contributed by atoms with Crippen LogP contribution in [0.15, 0.2) is 0 Å². The van der Waals surface area contributed by atoms with Crippen LogP contribution in [0.25, 0.3) is 0 Å². The summed E-state index contributed by atoms with van der Waals surface area (Å²) in [5, 5.41) is 9.83. The SMILES string of the molecule is C#CC1(O)CCC(C)CC1C. The predicted octanol–water partition coefficient (Wildman–Crippen LogP) is 1.81. The van der Waals surface area contributed by atoms with Gasteiger partial charge < -0.3 is 5.11 Å². The van der Waals surface area contributed by atoms with Crippen molar-refractivity contribution in [2.45, 2.75) is 38.7 Å². The molecule has 0 radical (unpaired) electrons. The Morgan fingerprint density at radius 2 is 2.18 bits per heavy atom. The molecule has 0 aromatic rings. The van der Waals surface area contributed by atoms with Crippen molar-refractivity contribution >= 4 is 0 Å². The highest BCUT2D eigenvalue weighted by atomic mass is 16.3. The molecule has 3 unspecified atom stereocenters. The molecule has 0 aromatic carbocycles. The molecule has 0 bridgehead atoms. The van der Waals surface area contributed by atoms with E-state index in [4.69, 9.17) is 6.42 Å². The summed E-state index contributed by atoms with van der Waals surface area (Å²) in [5.41, 5.74) is -0.813. The van der Waals surface area contributed by atoms with Gasteiger partial charge in [0.15, 0.2) is 0 Å². The third-order valence-corrected chi connectivity index (χ3v) is 2.84. The fourth-order valence-electron chi connectivity index (χ4n) is 1.84. The molecule has 1 heteroatoms. The fourth-order valence-corrected chi connectivity index (χ4v) is 1.84. The Morgan fingerprint density at radius 3 is 2.64 bits per heavy atom. The molecule has 1 saturated carbocycles. The lowest BCUT2D eigenvalue weighted by Crippen LogP contribution is -2.39. The summed E-state index contributed by atoms with van der Waals surface area (Å²) in [6, 6.07) is 0. The van der Waals surface area contributed by atoms with Crippen molar-refractivity contribution in [2.75, 3.05) is 0 Å². The van der Waals surface area contributed by atoms with Gasteiger partial charge in [0.25, 0.3) is 0 Å². The van der Waals surface area contributed by atoms with Crippen molar-refractivity contribution in [3.05, 3.63) is 0 Å². The highest BCUT2D eigenvalue weighted by molar-refractivity contribution is 5.11. The van der Waals surface area contributed by atoms with E-state index in [2.05, 4.69) is 12.8 Å². The van der Waals surface area contributed by atoms with Gasteiger partial charge in [-0.2, -0.15) is 0 Å². The van der Waals surface area contributed by atoms with Gasteiger partial charge in [0.2, 0.25) is 0 Å². The van der Waals surface area contributed by atoms with Crippen LogP contribution in [-0.4, -0.2) is 10.7 Å². The number of hydrogen-bond donors (Lipinski definition) is 1. The molecule has 3 atom stereocenters. The summed E-state index contributed by atoms with van der Waals surface area (Å²) in [6.07, 6.45) is 8.16. The minimum Gasteiger partial charge on any atom is -0.377 e. The van der Waals surface area contributed by atoms with Crippen LogP contribution in [0.2, 0.25) is 0 Å². The molecule has 0 amide bonds. The van der Waals surface area contributed by atoms with Crippen LogP contribution in [0.4, 0.5) is 0 Å². The quantitative estimate of drug-likeness (QED) is 0.525. The van der Waals surface area contributed by atoms with E-state index in [1.807, 2.05) is 6.92 Å². The number of rotatable bonds is 0. The first-order valence-corrected chi connectivity index (χ1v) is 4.28. The smallest absolute Gasteiger partial charge is 0.127 e. The van der Waals surface area contributed by atoms with Gasteiger partial charge in [-0.15, -0.1) is 6.42 Å². The Hall–Kier alpha value is -0.480. The van der Waals surface area contributed by atoms with E-state index in [0.29, 0.717) is 0 Å². The first kappa shape index (κ1) is 8.62. The molecule has 0 aromatic heterocycles. The van der Waals surface area contributed by atoms with E-state index < -0.39 is 5.60 Å². The van der Waals surface area contributed by atoms with Crippen LogP contribution >= 0.6 is 0 Å². The molecule has 0 heterocycles. The Labute approximate surface area is 68.8 Å². The van der Waals surface area contributed by atoms with E-state index in [9.17, 15) is 5.11 Å². The first-order valence-electron chi connectivity index (χ1n) is 4.28. The first-order chi connectivity index (χ1) is 5.08. The molecular weight excluding hydrogens is 136 g/mol. The van der Waals surface area contributed by atoms with Crippen LogP contribution in [0, 0.1) is 24.2 Å². The third kappa shape index (κ3) is 1.57. The minimum absolute atomic E-state index is 0.260. The normalized spacial score (nSPS) is 44.9. The van der Waals surface area contributed by atoms with Crippen LogP contribution in [0.1, 0.15) is 33.1 Å². The maximum Gasteiger partial charge on any atom is 0.127 e. The van der Waals surface area contributed by atoms with Gasteiger partial charge in [0, 0.05) is 0 Å². The Balaban J connectivity index is 2.66. The molecular formula is C10H16O. The van der Waals surface area contributed by atoms with Gasteiger partial charge in [-0.3, -0.25) is 0 Å². The lowest BCUT2D eigenvalue weighted by Gasteiger charge is -2.36. The molecule has 1 aliphatic rings. The fraction of sp³-hybridized carbons (Fsp3) is 0.800. The topological polar surface area (TPSA) is 20.2 Å². The second kappa shape index (κ2) is 2.87. The predicted molar refractivity (Wildman–Crippen MR) is 46.0 cm³/mol. The van der Waals surface area contributed by atoms with Crippen molar-refractivity contribution in [3.8, 4) is 12.3 Å². The van der Waals surface area contributed by atoms with Crippen molar-refractivity contribution in [1.29, 1.82) is 0 Å². The van der Waals surface area contributed by atoms with E-state index in [0.717, 1.165) is 25.2 Å². The highest BCUT2D eigenvalue weighted by Gasteiger charge is 2.36. The zero-order valence-corrected chi connectivity index (χ0v) is 7.30. The average molecular weight is 152 g/mol. The van der Waals surface area contributed by atoms with Crippen LogP contribution in [-0.2, 0) is 0 Å². The molecule has 62 valence electrons. The molecule has 1 aliphatic carbocycles. The highest BCUT2D eigenvalue weighted by Crippen LogP contribution is 2.35. The molecule has 1 nitrogen and oxygen atoms in total. The molecule has 11 heavy (non-hydrogen) atoms. The third-order valence-electron chi connectivity index (χ3n) is 2.84. The summed E-state index contributed by atoms with van der Waals surface area (Å²) in [7, 11) is 0.